The fourth-order valence-electron chi connectivity index (χ4n) is 3.23. The van der Waals surface area contributed by atoms with Gasteiger partial charge in [-0.2, -0.15) is 0 Å². The minimum absolute atomic E-state index is 0. The van der Waals surface area contributed by atoms with Crippen LogP contribution in [0, 0.1) is 13.8 Å². The molecule has 0 atom stereocenters. The quantitative estimate of drug-likeness (QED) is 0.415. The van der Waals surface area contributed by atoms with Crippen molar-refractivity contribution in [2.75, 3.05) is 33.2 Å². The molecule has 1 aromatic heterocycles. The molecular weight excluding hydrogens is 455 g/mol. The molecule has 1 aliphatic heterocycles. The van der Waals surface area contributed by atoms with Crippen molar-refractivity contribution in [3.63, 3.8) is 0 Å². The van der Waals surface area contributed by atoms with Gasteiger partial charge in [0.15, 0.2) is 11.7 Å². The van der Waals surface area contributed by atoms with Crippen LogP contribution < -0.4 is 5.32 Å². The standard InChI is InChI=1S/C20H26N4O2.HI/c1-15-6-7-17(16(2)13-15)14-22-20(21-3)24-10-8-23(9-11-24)19(25)18-5-4-12-26-18;/h4-7,12-13H,8-11,14H2,1-3H3,(H,21,22);1H. The molecule has 1 aromatic carbocycles. The summed E-state index contributed by atoms with van der Waals surface area (Å²) in [5.41, 5.74) is 3.82. The molecule has 0 radical (unpaired) electrons. The molecule has 2 aromatic rings. The summed E-state index contributed by atoms with van der Waals surface area (Å²) < 4.78 is 5.21. The van der Waals surface area contributed by atoms with Gasteiger partial charge in [0.05, 0.1) is 6.26 Å². The highest BCUT2D eigenvalue weighted by Crippen LogP contribution is 2.12. The Bertz CT molecular complexity index is 781. The second-order valence-electron chi connectivity index (χ2n) is 6.59. The Kier molecular flexibility index (Phi) is 7.70. The van der Waals surface area contributed by atoms with Gasteiger partial charge in [0, 0.05) is 39.8 Å². The van der Waals surface area contributed by atoms with Crippen molar-refractivity contribution in [1.82, 2.24) is 15.1 Å². The van der Waals surface area contributed by atoms with Crippen molar-refractivity contribution >= 4 is 35.8 Å². The number of furan rings is 1. The summed E-state index contributed by atoms with van der Waals surface area (Å²) >= 11 is 0. The number of nitrogens with zero attached hydrogens (tertiary/aromatic N) is 3. The number of halogens is 1. The van der Waals surface area contributed by atoms with Crippen LogP contribution in [0.4, 0.5) is 0 Å². The smallest absolute Gasteiger partial charge is 0.289 e. The zero-order chi connectivity index (χ0) is 18.5. The number of carbonyl (C=O) groups is 1. The molecule has 1 fully saturated rings. The Balaban J connectivity index is 0.00000261. The Morgan fingerprint density at radius 2 is 1.85 bits per heavy atom. The first-order valence-corrected chi connectivity index (χ1v) is 8.93. The predicted molar refractivity (Wildman–Crippen MR) is 118 cm³/mol. The van der Waals surface area contributed by atoms with Gasteiger partial charge in [-0.05, 0) is 37.1 Å². The first kappa shape index (κ1) is 21.3. The van der Waals surface area contributed by atoms with Gasteiger partial charge in [0.1, 0.15) is 0 Å². The van der Waals surface area contributed by atoms with E-state index in [1.807, 2.05) is 4.90 Å². The average Bonchev–Trinajstić information content (AvgIpc) is 3.18. The number of hydrogen-bond acceptors (Lipinski definition) is 3. The maximum atomic E-state index is 12.4. The van der Waals surface area contributed by atoms with Gasteiger partial charge in [-0.25, -0.2) is 0 Å². The van der Waals surface area contributed by atoms with E-state index < -0.39 is 0 Å². The average molecular weight is 482 g/mol. The SMILES string of the molecule is CN=C(NCc1ccc(C)cc1C)N1CCN(C(=O)c2ccco2)CC1.I. The summed E-state index contributed by atoms with van der Waals surface area (Å²) in [6, 6.07) is 9.93. The molecule has 1 aliphatic rings. The van der Waals surface area contributed by atoms with E-state index in [-0.39, 0.29) is 29.9 Å². The molecule has 1 amide bonds. The highest BCUT2D eigenvalue weighted by atomic mass is 127. The van der Waals surface area contributed by atoms with E-state index >= 15 is 0 Å². The molecule has 0 bridgehead atoms. The van der Waals surface area contributed by atoms with Crippen LogP contribution in [0.15, 0.2) is 46.0 Å². The van der Waals surface area contributed by atoms with Crippen LogP contribution in [0.3, 0.4) is 0 Å². The number of carbonyl (C=O) groups excluding carboxylic acids is 1. The molecule has 0 unspecified atom stereocenters. The lowest BCUT2D eigenvalue weighted by molar-refractivity contribution is 0.0657. The summed E-state index contributed by atoms with van der Waals surface area (Å²) in [5, 5.41) is 3.44. The van der Waals surface area contributed by atoms with Gasteiger partial charge in [0.25, 0.3) is 5.91 Å². The van der Waals surface area contributed by atoms with E-state index in [0.717, 1.165) is 25.6 Å². The summed E-state index contributed by atoms with van der Waals surface area (Å²) in [5.74, 6) is 1.22. The number of hydrogen-bond donors (Lipinski definition) is 1. The topological polar surface area (TPSA) is 61.1 Å². The molecule has 0 spiro atoms. The lowest BCUT2D eigenvalue weighted by Crippen LogP contribution is -2.53. The van der Waals surface area contributed by atoms with Crippen LogP contribution in [0.2, 0.25) is 0 Å². The van der Waals surface area contributed by atoms with E-state index in [0.29, 0.717) is 18.8 Å². The molecular formula is C20H27IN4O2. The fraction of sp³-hybridized carbons (Fsp3) is 0.400. The second-order valence-corrected chi connectivity index (χ2v) is 6.59. The molecule has 7 heteroatoms. The van der Waals surface area contributed by atoms with Crippen molar-refractivity contribution in [3.05, 3.63) is 59.0 Å². The first-order valence-electron chi connectivity index (χ1n) is 8.93. The van der Waals surface area contributed by atoms with Crippen molar-refractivity contribution in [3.8, 4) is 0 Å². The highest BCUT2D eigenvalue weighted by Gasteiger charge is 2.25. The summed E-state index contributed by atoms with van der Waals surface area (Å²) in [6.45, 7) is 7.79. The number of guanidine groups is 1. The van der Waals surface area contributed by atoms with Crippen LogP contribution in [0.1, 0.15) is 27.2 Å². The Morgan fingerprint density at radius 1 is 1.15 bits per heavy atom. The summed E-state index contributed by atoms with van der Waals surface area (Å²) in [6.07, 6.45) is 1.53. The van der Waals surface area contributed by atoms with Gasteiger partial charge < -0.3 is 19.5 Å². The monoisotopic (exact) mass is 482 g/mol. The zero-order valence-electron chi connectivity index (χ0n) is 16.1. The van der Waals surface area contributed by atoms with E-state index in [2.05, 4.69) is 47.3 Å². The number of piperazine rings is 1. The van der Waals surface area contributed by atoms with Crippen LogP contribution in [-0.4, -0.2) is 54.9 Å². The lowest BCUT2D eigenvalue weighted by atomic mass is 10.1. The van der Waals surface area contributed by atoms with Gasteiger partial charge in [-0.1, -0.05) is 23.8 Å². The van der Waals surface area contributed by atoms with E-state index in [1.165, 1.54) is 23.0 Å². The van der Waals surface area contributed by atoms with Crippen molar-refractivity contribution < 1.29 is 9.21 Å². The third-order valence-electron chi connectivity index (χ3n) is 4.75. The number of benzene rings is 1. The zero-order valence-corrected chi connectivity index (χ0v) is 18.4. The number of nitrogens with one attached hydrogen (secondary N) is 1. The molecule has 0 saturated carbocycles. The van der Waals surface area contributed by atoms with Crippen LogP contribution in [0.25, 0.3) is 0 Å². The van der Waals surface area contributed by atoms with Crippen LogP contribution >= 0.6 is 24.0 Å². The molecule has 1 saturated heterocycles. The van der Waals surface area contributed by atoms with Crippen molar-refractivity contribution in [1.29, 1.82) is 0 Å². The maximum absolute atomic E-state index is 12.4. The van der Waals surface area contributed by atoms with Crippen molar-refractivity contribution in [2.45, 2.75) is 20.4 Å². The Hall–Kier alpha value is -2.03. The van der Waals surface area contributed by atoms with Crippen LogP contribution in [-0.2, 0) is 6.54 Å². The molecule has 2 heterocycles. The number of aliphatic imine (C=N–C) groups is 1. The van der Waals surface area contributed by atoms with Crippen molar-refractivity contribution in [2.24, 2.45) is 4.99 Å². The van der Waals surface area contributed by atoms with E-state index in [4.69, 9.17) is 4.42 Å². The third kappa shape index (κ3) is 5.24. The third-order valence-corrected chi connectivity index (χ3v) is 4.75. The number of amides is 1. The molecule has 146 valence electrons. The maximum Gasteiger partial charge on any atom is 0.289 e. The van der Waals surface area contributed by atoms with Gasteiger partial charge in [0.2, 0.25) is 0 Å². The molecule has 6 nitrogen and oxygen atoms in total. The summed E-state index contributed by atoms with van der Waals surface area (Å²) in [4.78, 5) is 20.8. The molecule has 3 rings (SSSR count). The van der Waals surface area contributed by atoms with Gasteiger partial charge in [-0.3, -0.25) is 9.79 Å². The summed E-state index contributed by atoms with van der Waals surface area (Å²) in [7, 11) is 1.80. The fourth-order valence-corrected chi connectivity index (χ4v) is 3.23. The van der Waals surface area contributed by atoms with E-state index in [1.54, 1.807) is 19.2 Å². The first-order chi connectivity index (χ1) is 12.6. The van der Waals surface area contributed by atoms with Gasteiger partial charge >= 0.3 is 0 Å². The largest absolute Gasteiger partial charge is 0.459 e. The minimum Gasteiger partial charge on any atom is -0.459 e. The Labute approximate surface area is 177 Å². The number of rotatable bonds is 3. The van der Waals surface area contributed by atoms with Gasteiger partial charge in [-0.15, -0.1) is 24.0 Å². The predicted octanol–water partition coefficient (Wildman–Crippen LogP) is 3.05. The molecule has 0 aliphatic carbocycles. The molecule has 27 heavy (non-hydrogen) atoms. The minimum atomic E-state index is -0.0483. The normalized spacial score (nSPS) is 14.7. The second kappa shape index (κ2) is 9.77. The van der Waals surface area contributed by atoms with Crippen LogP contribution in [0.5, 0.6) is 0 Å². The highest BCUT2D eigenvalue weighted by molar-refractivity contribution is 14.0. The lowest BCUT2D eigenvalue weighted by Gasteiger charge is -2.36. The van der Waals surface area contributed by atoms with E-state index in [9.17, 15) is 4.79 Å². The molecule has 1 N–H and O–H groups in total. The number of aryl methyl sites for hydroxylation is 2. The Morgan fingerprint density at radius 3 is 2.44 bits per heavy atom.